The number of nitrogens with one attached hydrogen (secondary N) is 1. The number of hydrogen-bond acceptors (Lipinski definition) is 3. The number of rotatable bonds is 5. The van der Waals surface area contributed by atoms with Crippen LogP contribution in [0.15, 0.2) is 54.6 Å². The van der Waals surface area contributed by atoms with Crippen LogP contribution in [0.3, 0.4) is 0 Å². The highest BCUT2D eigenvalue weighted by molar-refractivity contribution is 5.28. The third-order valence-corrected chi connectivity index (χ3v) is 3.84. The molecule has 0 fully saturated rings. The molecule has 0 radical (unpaired) electrons. The van der Waals surface area contributed by atoms with Crippen LogP contribution in [0.5, 0.6) is 0 Å². The minimum atomic E-state index is -4.40. The van der Waals surface area contributed by atoms with Gasteiger partial charge in [-0.15, -0.1) is 0 Å². The van der Waals surface area contributed by atoms with Crippen LogP contribution in [0.4, 0.5) is 13.2 Å². The SMILES string of the molecule is O[C@@H](c1ccc(C(F)(F)F)cc1)c1n[nH]c(CCc2ccccc2)n1. The number of alkyl halides is 3. The van der Waals surface area contributed by atoms with Crippen molar-refractivity contribution in [1.82, 2.24) is 15.2 Å². The van der Waals surface area contributed by atoms with Gasteiger partial charge in [-0.2, -0.15) is 18.3 Å². The molecule has 0 unspecified atom stereocenters. The Labute approximate surface area is 142 Å². The van der Waals surface area contributed by atoms with Gasteiger partial charge >= 0.3 is 6.18 Å². The normalized spacial score (nSPS) is 13.0. The van der Waals surface area contributed by atoms with Crippen molar-refractivity contribution >= 4 is 0 Å². The first-order valence-corrected chi connectivity index (χ1v) is 7.74. The first-order valence-electron chi connectivity index (χ1n) is 7.74. The molecule has 1 heterocycles. The summed E-state index contributed by atoms with van der Waals surface area (Å²) in [4.78, 5) is 4.23. The number of hydrogen-bond donors (Lipinski definition) is 2. The number of aromatic amines is 1. The zero-order valence-corrected chi connectivity index (χ0v) is 13.2. The lowest BCUT2D eigenvalue weighted by molar-refractivity contribution is -0.137. The Balaban J connectivity index is 1.67. The Morgan fingerprint density at radius 3 is 2.28 bits per heavy atom. The van der Waals surface area contributed by atoms with Crippen molar-refractivity contribution in [2.75, 3.05) is 0 Å². The third kappa shape index (κ3) is 4.24. The fraction of sp³-hybridized carbons (Fsp3) is 0.222. The van der Waals surface area contributed by atoms with E-state index in [4.69, 9.17) is 0 Å². The van der Waals surface area contributed by atoms with E-state index in [1.165, 1.54) is 12.1 Å². The Kier molecular flexibility index (Phi) is 4.85. The molecule has 4 nitrogen and oxygen atoms in total. The molecule has 1 atom stereocenters. The summed E-state index contributed by atoms with van der Waals surface area (Å²) in [5.41, 5.74) is 0.701. The molecular formula is C18H16F3N3O. The first-order chi connectivity index (χ1) is 11.9. The summed E-state index contributed by atoms with van der Waals surface area (Å²) >= 11 is 0. The maximum atomic E-state index is 12.6. The summed E-state index contributed by atoms with van der Waals surface area (Å²) in [5.74, 6) is 0.757. The van der Waals surface area contributed by atoms with E-state index in [1.807, 2.05) is 30.3 Å². The number of aryl methyl sites for hydroxylation is 2. The summed E-state index contributed by atoms with van der Waals surface area (Å²) in [6.45, 7) is 0. The largest absolute Gasteiger partial charge is 0.416 e. The molecule has 2 aromatic carbocycles. The van der Waals surface area contributed by atoms with Gasteiger partial charge in [0.1, 0.15) is 11.9 Å². The number of benzene rings is 2. The van der Waals surface area contributed by atoms with E-state index >= 15 is 0 Å². The molecule has 3 rings (SSSR count). The van der Waals surface area contributed by atoms with Crippen LogP contribution in [0.1, 0.15) is 34.4 Å². The van der Waals surface area contributed by atoms with Gasteiger partial charge in [0.05, 0.1) is 5.56 Å². The molecule has 7 heteroatoms. The maximum Gasteiger partial charge on any atom is 0.416 e. The Morgan fingerprint density at radius 2 is 1.64 bits per heavy atom. The second-order valence-corrected chi connectivity index (χ2v) is 5.65. The van der Waals surface area contributed by atoms with Gasteiger partial charge in [0, 0.05) is 6.42 Å². The van der Waals surface area contributed by atoms with Crippen LogP contribution in [-0.4, -0.2) is 20.3 Å². The van der Waals surface area contributed by atoms with Crippen LogP contribution in [0.2, 0.25) is 0 Å². The van der Waals surface area contributed by atoms with Gasteiger partial charge in [-0.3, -0.25) is 5.10 Å². The van der Waals surface area contributed by atoms with E-state index in [-0.39, 0.29) is 5.82 Å². The van der Waals surface area contributed by atoms with E-state index < -0.39 is 17.8 Å². The summed E-state index contributed by atoms with van der Waals surface area (Å²) in [6, 6.07) is 14.2. The van der Waals surface area contributed by atoms with Gasteiger partial charge in [0.15, 0.2) is 5.82 Å². The number of H-pyrrole nitrogens is 1. The lowest BCUT2D eigenvalue weighted by Crippen LogP contribution is -2.06. The minimum absolute atomic E-state index is 0.142. The zero-order chi connectivity index (χ0) is 17.9. The molecule has 0 aliphatic carbocycles. The van der Waals surface area contributed by atoms with Crippen molar-refractivity contribution in [1.29, 1.82) is 0 Å². The summed E-state index contributed by atoms with van der Waals surface area (Å²) in [7, 11) is 0. The van der Waals surface area contributed by atoms with Crippen molar-refractivity contribution in [3.05, 3.63) is 82.9 Å². The van der Waals surface area contributed by atoms with E-state index in [1.54, 1.807) is 0 Å². The molecule has 0 bridgehead atoms. The molecule has 0 spiro atoms. The number of nitrogens with zero attached hydrogens (tertiary/aromatic N) is 2. The first kappa shape index (κ1) is 17.2. The summed E-state index contributed by atoms with van der Waals surface area (Å²) < 4.78 is 37.7. The van der Waals surface area contributed by atoms with E-state index in [9.17, 15) is 18.3 Å². The number of halogens is 3. The van der Waals surface area contributed by atoms with E-state index in [0.717, 1.165) is 24.1 Å². The molecule has 3 aromatic rings. The number of aliphatic hydroxyl groups is 1. The molecule has 0 saturated heterocycles. The standard InChI is InChI=1S/C18H16F3N3O/c19-18(20,21)14-9-7-13(8-10-14)16(25)17-22-15(23-24-17)11-6-12-4-2-1-3-5-12/h1-5,7-10,16,25H,6,11H2,(H,22,23,24)/t16-/m0/s1. The van der Waals surface area contributed by atoms with Crippen LogP contribution in [0.25, 0.3) is 0 Å². The molecule has 0 saturated carbocycles. The zero-order valence-electron chi connectivity index (χ0n) is 13.2. The second kappa shape index (κ2) is 7.06. The molecule has 0 amide bonds. The summed E-state index contributed by atoms with van der Waals surface area (Å²) in [5, 5.41) is 17.0. The van der Waals surface area contributed by atoms with Crippen LogP contribution >= 0.6 is 0 Å². The van der Waals surface area contributed by atoms with Crippen LogP contribution < -0.4 is 0 Å². The Morgan fingerprint density at radius 1 is 0.960 bits per heavy atom. The Hall–Kier alpha value is -2.67. The third-order valence-electron chi connectivity index (χ3n) is 3.84. The van der Waals surface area contributed by atoms with E-state index in [0.29, 0.717) is 17.8 Å². The van der Waals surface area contributed by atoms with Crippen LogP contribution in [0, 0.1) is 0 Å². The van der Waals surface area contributed by atoms with Crippen molar-refractivity contribution < 1.29 is 18.3 Å². The Bertz CT molecular complexity index is 814. The van der Waals surface area contributed by atoms with Crippen LogP contribution in [-0.2, 0) is 19.0 Å². The van der Waals surface area contributed by atoms with Crippen molar-refractivity contribution in [2.45, 2.75) is 25.1 Å². The fourth-order valence-electron chi connectivity index (χ4n) is 2.46. The minimum Gasteiger partial charge on any atom is -0.380 e. The highest BCUT2D eigenvalue weighted by Crippen LogP contribution is 2.30. The molecule has 0 aliphatic rings. The van der Waals surface area contributed by atoms with Gasteiger partial charge in [-0.05, 0) is 29.7 Å². The maximum absolute atomic E-state index is 12.6. The predicted octanol–water partition coefficient (Wildman–Crippen LogP) is 3.69. The lowest BCUT2D eigenvalue weighted by Gasteiger charge is -2.10. The van der Waals surface area contributed by atoms with Gasteiger partial charge in [-0.1, -0.05) is 42.5 Å². The van der Waals surface area contributed by atoms with Gasteiger partial charge in [0.2, 0.25) is 0 Å². The van der Waals surface area contributed by atoms with E-state index in [2.05, 4.69) is 15.2 Å². The van der Waals surface area contributed by atoms with Gasteiger partial charge < -0.3 is 5.11 Å². The molecule has 130 valence electrons. The average Bonchev–Trinajstić information content (AvgIpc) is 3.08. The topological polar surface area (TPSA) is 61.8 Å². The predicted molar refractivity (Wildman–Crippen MR) is 85.7 cm³/mol. The highest BCUT2D eigenvalue weighted by Gasteiger charge is 2.30. The molecule has 2 N–H and O–H groups in total. The van der Waals surface area contributed by atoms with Crippen molar-refractivity contribution in [3.8, 4) is 0 Å². The second-order valence-electron chi connectivity index (χ2n) is 5.65. The monoisotopic (exact) mass is 347 g/mol. The smallest absolute Gasteiger partial charge is 0.380 e. The molecular weight excluding hydrogens is 331 g/mol. The highest BCUT2D eigenvalue weighted by atomic mass is 19.4. The quantitative estimate of drug-likeness (QED) is 0.740. The molecule has 1 aromatic heterocycles. The average molecular weight is 347 g/mol. The summed E-state index contributed by atoms with van der Waals surface area (Å²) in [6.07, 6.45) is -4.19. The molecule has 0 aliphatic heterocycles. The van der Waals surface area contributed by atoms with Gasteiger partial charge in [-0.25, -0.2) is 4.98 Å². The number of aliphatic hydroxyl groups excluding tert-OH is 1. The number of aromatic nitrogens is 3. The molecule has 25 heavy (non-hydrogen) atoms. The van der Waals surface area contributed by atoms with Crippen molar-refractivity contribution in [3.63, 3.8) is 0 Å². The lowest BCUT2D eigenvalue weighted by atomic mass is 10.1. The fourth-order valence-corrected chi connectivity index (χ4v) is 2.46. The van der Waals surface area contributed by atoms with Gasteiger partial charge in [0.25, 0.3) is 0 Å². The van der Waals surface area contributed by atoms with Crippen molar-refractivity contribution in [2.24, 2.45) is 0 Å².